The number of nitriles is 1. The van der Waals surface area contributed by atoms with Gasteiger partial charge in [0.1, 0.15) is 18.2 Å². The maximum absolute atomic E-state index is 11.9. The monoisotopic (exact) mass is 413 g/mol. The highest BCUT2D eigenvalue weighted by atomic mass is 35.5. The SMILES string of the molecule is N#C/C(=C(/O)COC(=O)C=Cc1ccc(Cl)cc1Cl)c1nc2ccccc2[nH]1. The first-order valence-electron chi connectivity index (χ1n) is 8.05. The largest absolute Gasteiger partial charge is 0.507 e. The van der Waals surface area contributed by atoms with Crippen LogP contribution < -0.4 is 0 Å². The molecule has 0 aliphatic rings. The van der Waals surface area contributed by atoms with E-state index in [4.69, 9.17) is 27.9 Å². The van der Waals surface area contributed by atoms with Gasteiger partial charge in [0.2, 0.25) is 0 Å². The third-order valence-electron chi connectivity index (χ3n) is 3.74. The molecule has 0 bridgehead atoms. The zero-order valence-electron chi connectivity index (χ0n) is 14.3. The summed E-state index contributed by atoms with van der Waals surface area (Å²) in [5, 5.41) is 20.4. The van der Waals surface area contributed by atoms with E-state index >= 15 is 0 Å². The average molecular weight is 414 g/mol. The molecule has 0 saturated heterocycles. The maximum atomic E-state index is 11.9. The van der Waals surface area contributed by atoms with Crippen molar-refractivity contribution in [1.82, 2.24) is 9.97 Å². The Kier molecular flexibility index (Phi) is 5.99. The van der Waals surface area contributed by atoms with E-state index in [-0.39, 0.29) is 11.4 Å². The van der Waals surface area contributed by atoms with Crippen LogP contribution in [0.3, 0.4) is 0 Å². The number of carbonyl (C=O) groups is 1. The van der Waals surface area contributed by atoms with E-state index in [0.29, 0.717) is 21.1 Å². The van der Waals surface area contributed by atoms with Gasteiger partial charge in [-0.15, -0.1) is 0 Å². The number of rotatable bonds is 5. The number of benzene rings is 2. The first kappa shape index (κ1) is 19.5. The van der Waals surface area contributed by atoms with E-state index < -0.39 is 18.3 Å². The maximum Gasteiger partial charge on any atom is 0.331 e. The van der Waals surface area contributed by atoms with Gasteiger partial charge in [-0.3, -0.25) is 0 Å². The van der Waals surface area contributed by atoms with E-state index in [1.54, 1.807) is 30.3 Å². The van der Waals surface area contributed by atoms with Gasteiger partial charge in [-0.25, -0.2) is 9.78 Å². The van der Waals surface area contributed by atoms with E-state index in [0.717, 1.165) is 11.6 Å². The second kappa shape index (κ2) is 8.61. The van der Waals surface area contributed by atoms with Crippen LogP contribution in [0.4, 0.5) is 0 Å². The number of esters is 1. The van der Waals surface area contributed by atoms with Crippen LogP contribution in [0.2, 0.25) is 10.0 Å². The summed E-state index contributed by atoms with van der Waals surface area (Å²) >= 11 is 11.8. The number of imidazole rings is 1. The van der Waals surface area contributed by atoms with Crippen LogP contribution >= 0.6 is 23.2 Å². The molecular weight excluding hydrogens is 401 g/mol. The summed E-state index contributed by atoms with van der Waals surface area (Å²) in [4.78, 5) is 19.1. The Bertz CT molecular complexity index is 1110. The van der Waals surface area contributed by atoms with Gasteiger partial charge < -0.3 is 14.8 Å². The van der Waals surface area contributed by atoms with Gasteiger partial charge >= 0.3 is 5.97 Å². The van der Waals surface area contributed by atoms with Crippen LogP contribution in [-0.2, 0) is 9.53 Å². The van der Waals surface area contributed by atoms with Crippen LogP contribution in [0, 0.1) is 11.3 Å². The number of hydrogen-bond donors (Lipinski definition) is 2. The van der Waals surface area contributed by atoms with Crippen molar-refractivity contribution < 1.29 is 14.6 Å². The summed E-state index contributed by atoms with van der Waals surface area (Å²) in [6, 6.07) is 13.9. The van der Waals surface area contributed by atoms with Gasteiger partial charge in [0.25, 0.3) is 0 Å². The van der Waals surface area contributed by atoms with Crippen LogP contribution in [0.5, 0.6) is 0 Å². The molecule has 28 heavy (non-hydrogen) atoms. The molecule has 0 atom stereocenters. The fraction of sp³-hybridized carbons (Fsp3) is 0.0500. The minimum Gasteiger partial charge on any atom is -0.507 e. The lowest BCUT2D eigenvalue weighted by Gasteiger charge is -2.03. The van der Waals surface area contributed by atoms with E-state index in [9.17, 15) is 15.2 Å². The molecule has 0 spiro atoms. The number of fused-ring (bicyclic) bond motifs is 1. The lowest BCUT2D eigenvalue weighted by molar-refractivity contribution is -0.137. The molecule has 0 aliphatic heterocycles. The van der Waals surface area contributed by atoms with Crippen molar-refractivity contribution in [2.45, 2.75) is 0 Å². The minimum absolute atomic E-state index is 0.103. The highest BCUT2D eigenvalue weighted by Crippen LogP contribution is 2.22. The molecule has 0 amide bonds. The molecule has 1 heterocycles. The van der Waals surface area contributed by atoms with Crippen LogP contribution in [0.25, 0.3) is 22.7 Å². The molecule has 1 aromatic heterocycles. The zero-order valence-corrected chi connectivity index (χ0v) is 15.8. The molecule has 0 fully saturated rings. The number of aliphatic hydroxyl groups excluding tert-OH is 1. The summed E-state index contributed by atoms with van der Waals surface area (Å²) < 4.78 is 4.97. The van der Waals surface area contributed by atoms with Crippen LogP contribution in [0.1, 0.15) is 11.4 Å². The summed E-state index contributed by atoms with van der Waals surface area (Å²) in [7, 11) is 0. The van der Waals surface area contributed by atoms with Crippen molar-refractivity contribution in [3.05, 3.63) is 75.7 Å². The number of nitrogens with zero attached hydrogens (tertiary/aromatic N) is 2. The molecule has 2 aromatic carbocycles. The van der Waals surface area contributed by atoms with Crippen LogP contribution in [0.15, 0.2) is 54.3 Å². The number of aromatic nitrogens is 2. The summed E-state index contributed by atoms with van der Waals surface area (Å²) in [5.41, 5.74) is 1.85. The molecule has 3 aromatic rings. The molecule has 0 radical (unpaired) electrons. The van der Waals surface area contributed by atoms with Gasteiger partial charge in [-0.2, -0.15) is 5.26 Å². The molecule has 3 rings (SSSR count). The highest BCUT2D eigenvalue weighted by molar-refractivity contribution is 6.35. The first-order chi connectivity index (χ1) is 13.5. The van der Waals surface area contributed by atoms with Gasteiger partial charge in [0.05, 0.1) is 11.0 Å². The Labute approximate surface area is 170 Å². The standard InChI is InChI=1S/C20H13Cl2N3O3/c21-13-7-5-12(15(22)9-13)6-8-19(27)28-11-18(26)14(10-23)20-24-16-3-1-2-4-17(16)25-20/h1-9,26H,11H2,(H,24,25)/b8-6?,18-14-. The Hall–Kier alpha value is -3.27. The predicted molar refractivity (Wildman–Crippen MR) is 108 cm³/mol. The Morgan fingerprint density at radius 3 is 2.79 bits per heavy atom. The van der Waals surface area contributed by atoms with Crippen molar-refractivity contribution in [1.29, 1.82) is 5.26 Å². The first-order valence-corrected chi connectivity index (χ1v) is 8.80. The second-order valence-corrected chi connectivity index (χ2v) is 6.49. The summed E-state index contributed by atoms with van der Waals surface area (Å²) in [6.07, 6.45) is 2.63. The zero-order chi connectivity index (χ0) is 20.1. The number of hydrogen-bond acceptors (Lipinski definition) is 5. The van der Waals surface area contributed by atoms with Gasteiger partial charge in [0.15, 0.2) is 11.6 Å². The molecule has 2 N–H and O–H groups in total. The Balaban J connectivity index is 1.70. The van der Waals surface area contributed by atoms with E-state index in [2.05, 4.69) is 9.97 Å². The molecule has 0 aliphatic carbocycles. The Morgan fingerprint density at radius 2 is 2.07 bits per heavy atom. The molecule has 6 nitrogen and oxygen atoms in total. The van der Waals surface area contributed by atoms with E-state index in [1.165, 1.54) is 6.08 Å². The lowest BCUT2D eigenvalue weighted by Crippen LogP contribution is -2.06. The fourth-order valence-electron chi connectivity index (χ4n) is 2.38. The van der Waals surface area contributed by atoms with Crippen molar-refractivity contribution in [2.24, 2.45) is 0 Å². The highest BCUT2D eigenvalue weighted by Gasteiger charge is 2.14. The van der Waals surface area contributed by atoms with Crippen molar-refractivity contribution in [3.8, 4) is 6.07 Å². The predicted octanol–water partition coefficient (Wildman–Crippen LogP) is 4.92. The normalized spacial score (nSPS) is 12.0. The smallest absolute Gasteiger partial charge is 0.331 e. The van der Waals surface area contributed by atoms with Gasteiger partial charge in [-0.05, 0) is 35.9 Å². The van der Waals surface area contributed by atoms with Crippen molar-refractivity contribution in [2.75, 3.05) is 6.61 Å². The Morgan fingerprint density at radius 1 is 1.29 bits per heavy atom. The quantitative estimate of drug-likeness (QED) is 0.267. The number of allylic oxidation sites excluding steroid dienone is 1. The molecule has 0 unspecified atom stereocenters. The summed E-state index contributed by atoms with van der Waals surface area (Å²) in [5.74, 6) is -0.923. The second-order valence-electron chi connectivity index (χ2n) is 5.64. The minimum atomic E-state index is -0.709. The number of H-pyrrole nitrogens is 1. The third-order valence-corrected chi connectivity index (χ3v) is 4.30. The van der Waals surface area contributed by atoms with Gasteiger partial charge in [0, 0.05) is 16.1 Å². The van der Waals surface area contributed by atoms with Crippen molar-refractivity contribution >= 4 is 51.9 Å². The fourth-order valence-corrected chi connectivity index (χ4v) is 2.85. The molecule has 0 saturated carbocycles. The molecule has 8 heteroatoms. The van der Waals surface area contributed by atoms with Crippen molar-refractivity contribution in [3.63, 3.8) is 0 Å². The average Bonchev–Trinajstić information content (AvgIpc) is 3.10. The number of aliphatic hydroxyl groups is 1. The number of para-hydroxylation sites is 2. The number of ether oxygens (including phenoxy) is 1. The number of nitrogens with one attached hydrogen (secondary N) is 1. The number of halogens is 2. The van der Waals surface area contributed by atoms with Gasteiger partial charge in [-0.1, -0.05) is 41.4 Å². The summed E-state index contributed by atoms with van der Waals surface area (Å²) in [6.45, 7) is -0.475. The molecular formula is C20H13Cl2N3O3. The topological polar surface area (TPSA) is 99.0 Å². The lowest BCUT2D eigenvalue weighted by atomic mass is 10.2. The number of aromatic amines is 1. The molecule has 140 valence electrons. The van der Waals surface area contributed by atoms with E-state index in [1.807, 2.05) is 18.2 Å². The van der Waals surface area contributed by atoms with Crippen LogP contribution in [-0.4, -0.2) is 27.7 Å². The third kappa shape index (κ3) is 4.52. The number of carbonyl (C=O) groups excluding carboxylic acids is 1.